The molecule has 2 aromatic carbocycles. The van der Waals surface area contributed by atoms with Crippen LogP contribution in [0.15, 0.2) is 42.5 Å². The fraction of sp³-hybridized carbons (Fsp3) is 0.316. The van der Waals surface area contributed by atoms with Gasteiger partial charge < -0.3 is 10.4 Å². The molecule has 0 amide bonds. The highest BCUT2D eigenvalue weighted by Gasteiger charge is 2.30. The molecule has 0 radical (unpaired) electrons. The first-order valence-corrected chi connectivity index (χ1v) is 7.68. The number of nitrogens with one attached hydrogen (secondary N) is 1. The van der Waals surface area contributed by atoms with Gasteiger partial charge in [-0.05, 0) is 23.1 Å². The molecule has 1 atom stereocenters. The number of aliphatic hydroxyl groups excluding tert-OH is 1. The first kappa shape index (κ1) is 17.9. The van der Waals surface area contributed by atoms with Gasteiger partial charge in [0.1, 0.15) is 5.69 Å². The van der Waals surface area contributed by atoms with E-state index in [0.717, 1.165) is 17.7 Å². The molecule has 0 saturated heterocycles. The first-order chi connectivity index (χ1) is 11.4. The van der Waals surface area contributed by atoms with E-state index in [0.29, 0.717) is 0 Å². The minimum Gasteiger partial charge on any atom is -0.396 e. The fourth-order valence-corrected chi connectivity index (χ4v) is 2.65. The topological polar surface area (TPSA) is 56.0 Å². The van der Waals surface area contributed by atoms with Crippen molar-refractivity contribution in [2.45, 2.75) is 19.8 Å². The summed E-state index contributed by atoms with van der Waals surface area (Å²) in [5, 5.41) is 21.2. The monoisotopic (exact) mass is 330 g/mol. The predicted molar refractivity (Wildman–Crippen MR) is 89.6 cm³/mol. The Morgan fingerprint density at radius 2 is 1.75 bits per heavy atom. The highest BCUT2D eigenvalue weighted by atomic mass is 19.1. The molecule has 1 unspecified atom stereocenters. The maximum atomic E-state index is 14.0. The number of nitrogens with zero attached hydrogens (tertiary/aromatic N) is 1. The molecule has 0 fully saturated rings. The van der Waals surface area contributed by atoms with Crippen molar-refractivity contribution in [3.8, 4) is 6.07 Å². The van der Waals surface area contributed by atoms with Crippen LogP contribution in [-0.2, 0) is 0 Å². The summed E-state index contributed by atoms with van der Waals surface area (Å²) in [6.45, 7) is 3.99. The third-order valence-corrected chi connectivity index (χ3v) is 4.21. The van der Waals surface area contributed by atoms with Crippen LogP contribution < -0.4 is 5.32 Å². The Labute approximate surface area is 140 Å². The standard InChI is InChI=1S/C19H20F2N2O/c1-19(2,12-24)15(14-6-4-3-5-7-14)11-23-18-16(20)8-13(10-22)9-17(18)21/h3-9,15,23-24H,11-12H2,1-2H3. The Hall–Kier alpha value is -2.45. The van der Waals surface area contributed by atoms with Gasteiger partial charge in [0.15, 0.2) is 11.6 Å². The average Bonchev–Trinajstić information content (AvgIpc) is 2.57. The van der Waals surface area contributed by atoms with Crippen LogP contribution in [0.2, 0.25) is 0 Å². The van der Waals surface area contributed by atoms with Crippen molar-refractivity contribution in [3.05, 3.63) is 65.2 Å². The number of halogens is 2. The van der Waals surface area contributed by atoms with Crippen molar-refractivity contribution >= 4 is 5.69 Å². The molecule has 0 aliphatic heterocycles. The second-order valence-electron chi connectivity index (χ2n) is 6.42. The van der Waals surface area contributed by atoms with Crippen molar-refractivity contribution < 1.29 is 13.9 Å². The average molecular weight is 330 g/mol. The molecule has 5 heteroatoms. The minimum absolute atomic E-state index is 0.0629. The largest absolute Gasteiger partial charge is 0.396 e. The van der Waals surface area contributed by atoms with Gasteiger partial charge in [-0.2, -0.15) is 5.26 Å². The quantitative estimate of drug-likeness (QED) is 0.840. The zero-order valence-electron chi connectivity index (χ0n) is 13.7. The Balaban J connectivity index is 2.28. The molecule has 0 saturated carbocycles. The molecule has 126 valence electrons. The van der Waals surface area contributed by atoms with Gasteiger partial charge in [0.2, 0.25) is 0 Å². The number of anilines is 1. The molecule has 3 nitrogen and oxygen atoms in total. The van der Waals surface area contributed by atoms with Crippen LogP contribution in [0.1, 0.15) is 30.9 Å². The number of aliphatic hydroxyl groups is 1. The highest BCUT2D eigenvalue weighted by molar-refractivity contribution is 5.50. The SMILES string of the molecule is CC(C)(CO)C(CNc1c(F)cc(C#N)cc1F)c1ccccc1. The summed E-state index contributed by atoms with van der Waals surface area (Å²) in [6.07, 6.45) is 0. The van der Waals surface area contributed by atoms with E-state index in [1.165, 1.54) is 0 Å². The fourth-order valence-electron chi connectivity index (χ4n) is 2.65. The van der Waals surface area contributed by atoms with Crippen LogP contribution in [0.5, 0.6) is 0 Å². The number of benzene rings is 2. The van der Waals surface area contributed by atoms with Gasteiger partial charge in [-0.3, -0.25) is 0 Å². The number of hydrogen-bond donors (Lipinski definition) is 2. The molecule has 24 heavy (non-hydrogen) atoms. The highest BCUT2D eigenvalue weighted by Crippen LogP contribution is 2.35. The van der Waals surface area contributed by atoms with E-state index in [9.17, 15) is 13.9 Å². The van der Waals surface area contributed by atoms with E-state index < -0.39 is 17.0 Å². The third-order valence-electron chi connectivity index (χ3n) is 4.21. The Morgan fingerprint density at radius 3 is 2.25 bits per heavy atom. The lowest BCUT2D eigenvalue weighted by molar-refractivity contribution is 0.134. The number of hydrogen-bond acceptors (Lipinski definition) is 3. The Morgan fingerprint density at radius 1 is 1.17 bits per heavy atom. The van der Waals surface area contributed by atoms with E-state index in [1.807, 2.05) is 44.2 Å². The maximum Gasteiger partial charge on any atom is 0.150 e. The summed E-state index contributed by atoms with van der Waals surface area (Å²) in [5.41, 5.74) is 0.168. The van der Waals surface area contributed by atoms with E-state index in [1.54, 1.807) is 6.07 Å². The minimum atomic E-state index is -0.805. The Bertz CT molecular complexity index is 716. The molecular formula is C19H20F2N2O. The van der Waals surface area contributed by atoms with E-state index in [4.69, 9.17) is 5.26 Å². The lowest BCUT2D eigenvalue weighted by atomic mass is 9.75. The van der Waals surface area contributed by atoms with Gasteiger partial charge in [0, 0.05) is 19.1 Å². The summed E-state index contributed by atoms with van der Waals surface area (Å²) in [4.78, 5) is 0. The summed E-state index contributed by atoms with van der Waals surface area (Å²) < 4.78 is 28.1. The summed E-state index contributed by atoms with van der Waals surface area (Å²) in [5.74, 6) is -1.77. The van der Waals surface area contributed by atoms with Crippen LogP contribution in [0.3, 0.4) is 0 Å². The molecule has 2 aromatic rings. The zero-order valence-corrected chi connectivity index (χ0v) is 13.7. The summed E-state index contributed by atoms with van der Waals surface area (Å²) in [7, 11) is 0. The molecule has 0 aliphatic carbocycles. The van der Waals surface area contributed by atoms with Crippen LogP contribution in [0, 0.1) is 28.4 Å². The zero-order chi connectivity index (χ0) is 17.7. The van der Waals surface area contributed by atoms with Crippen LogP contribution >= 0.6 is 0 Å². The number of nitriles is 1. The van der Waals surface area contributed by atoms with Gasteiger partial charge in [0.05, 0.1) is 11.6 Å². The summed E-state index contributed by atoms with van der Waals surface area (Å²) in [6, 6.07) is 13.2. The van der Waals surface area contributed by atoms with Crippen molar-refractivity contribution in [1.82, 2.24) is 0 Å². The molecule has 0 heterocycles. The van der Waals surface area contributed by atoms with E-state index in [2.05, 4.69) is 5.32 Å². The van der Waals surface area contributed by atoms with Crippen molar-refractivity contribution in [2.24, 2.45) is 5.41 Å². The molecule has 2 rings (SSSR count). The predicted octanol–water partition coefficient (Wildman–Crippen LogP) is 4.05. The number of rotatable bonds is 6. The first-order valence-electron chi connectivity index (χ1n) is 7.68. The van der Waals surface area contributed by atoms with E-state index in [-0.39, 0.29) is 30.3 Å². The maximum absolute atomic E-state index is 14.0. The van der Waals surface area contributed by atoms with Gasteiger partial charge in [0.25, 0.3) is 0 Å². The molecule has 0 spiro atoms. The van der Waals surface area contributed by atoms with Gasteiger partial charge in [-0.1, -0.05) is 44.2 Å². The smallest absolute Gasteiger partial charge is 0.150 e. The second-order valence-corrected chi connectivity index (χ2v) is 6.42. The molecule has 2 N–H and O–H groups in total. The Kier molecular flexibility index (Phi) is 5.53. The van der Waals surface area contributed by atoms with E-state index >= 15 is 0 Å². The lowest BCUT2D eigenvalue weighted by Crippen LogP contribution is -2.31. The lowest BCUT2D eigenvalue weighted by Gasteiger charge is -2.33. The molecule has 0 aliphatic rings. The van der Waals surface area contributed by atoms with Gasteiger partial charge >= 0.3 is 0 Å². The van der Waals surface area contributed by atoms with Crippen molar-refractivity contribution in [1.29, 1.82) is 5.26 Å². The molecular weight excluding hydrogens is 310 g/mol. The normalized spacial score (nSPS) is 12.5. The van der Waals surface area contributed by atoms with Gasteiger partial charge in [-0.15, -0.1) is 0 Å². The van der Waals surface area contributed by atoms with Crippen LogP contribution in [0.4, 0.5) is 14.5 Å². The van der Waals surface area contributed by atoms with Crippen molar-refractivity contribution in [2.75, 3.05) is 18.5 Å². The summed E-state index contributed by atoms with van der Waals surface area (Å²) >= 11 is 0. The molecule has 0 bridgehead atoms. The van der Waals surface area contributed by atoms with Crippen LogP contribution in [0.25, 0.3) is 0 Å². The van der Waals surface area contributed by atoms with Crippen LogP contribution in [-0.4, -0.2) is 18.3 Å². The van der Waals surface area contributed by atoms with Crippen molar-refractivity contribution in [3.63, 3.8) is 0 Å². The van der Waals surface area contributed by atoms with Gasteiger partial charge in [-0.25, -0.2) is 8.78 Å². The second kappa shape index (κ2) is 7.41. The molecule has 0 aromatic heterocycles. The third kappa shape index (κ3) is 3.90.